The highest BCUT2D eigenvalue weighted by Gasteiger charge is 2.28. The van der Waals surface area contributed by atoms with Crippen LogP contribution in [0, 0.1) is 6.92 Å². The molecule has 1 aliphatic heterocycles. The van der Waals surface area contributed by atoms with Crippen molar-refractivity contribution in [3.8, 4) is 0 Å². The molecule has 0 bridgehead atoms. The van der Waals surface area contributed by atoms with Crippen LogP contribution in [-0.2, 0) is 4.74 Å². The number of thiophene rings is 1. The number of hydrogen-bond acceptors (Lipinski definition) is 7. The first kappa shape index (κ1) is 23.9. The fourth-order valence-electron chi connectivity index (χ4n) is 3.66. The second-order valence-corrected chi connectivity index (χ2v) is 8.73. The van der Waals surface area contributed by atoms with Crippen molar-refractivity contribution in [1.29, 1.82) is 0 Å². The smallest absolute Gasteiger partial charge is 0.341 e. The maximum atomic E-state index is 13.0. The summed E-state index contributed by atoms with van der Waals surface area (Å²) >= 11 is 6.90. The van der Waals surface area contributed by atoms with Gasteiger partial charge in [-0.2, -0.15) is 0 Å². The van der Waals surface area contributed by atoms with E-state index in [1.165, 1.54) is 18.4 Å². The fourth-order valence-corrected chi connectivity index (χ4v) is 5.17. The highest BCUT2D eigenvalue weighted by atomic mass is 32.1. The highest BCUT2D eigenvalue weighted by Crippen LogP contribution is 2.35. The molecule has 1 N–H and O–H groups in total. The summed E-state index contributed by atoms with van der Waals surface area (Å²) in [4.78, 5) is 36.4. The third kappa shape index (κ3) is 5.02. The Hall–Kier alpha value is -2.72. The first-order chi connectivity index (χ1) is 15.4. The van der Waals surface area contributed by atoms with E-state index < -0.39 is 5.97 Å². The average Bonchev–Trinajstić information content (AvgIpc) is 3.15. The molecule has 3 heterocycles. The lowest BCUT2D eigenvalue weighted by atomic mass is 10.1. The predicted octanol–water partition coefficient (Wildman–Crippen LogP) is 3.24. The van der Waals surface area contributed by atoms with Crippen LogP contribution in [-0.4, -0.2) is 78.2 Å². The van der Waals surface area contributed by atoms with Crippen LogP contribution in [0.25, 0.3) is 0 Å². The molecule has 0 spiro atoms. The Kier molecular flexibility index (Phi) is 8.03. The topological polar surface area (TPSA) is 78.0 Å². The summed E-state index contributed by atoms with van der Waals surface area (Å²) in [5, 5.41) is 4.28. The van der Waals surface area contributed by atoms with Gasteiger partial charge in [-0.15, -0.1) is 11.3 Å². The molecule has 1 amide bonds. The minimum atomic E-state index is -0.484. The lowest BCUT2D eigenvalue weighted by molar-refractivity contribution is 0.0601. The molecule has 10 heteroatoms. The summed E-state index contributed by atoms with van der Waals surface area (Å²) in [6, 6.07) is 5.88. The summed E-state index contributed by atoms with van der Waals surface area (Å²) < 4.78 is 4.99. The average molecular weight is 476 g/mol. The van der Waals surface area contributed by atoms with Crippen molar-refractivity contribution in [1.82, 2.24) is 14.8 Å². The molecule has 1 fully saturated rings. The van der Waals surface area contributed by atoms with E-state index in [-0.39, 0.29) is 5.91 Å². The number of piperazine rings is 1. The number of pyridine rings is 1. The van der Waals surface area contributed by atoms with Crippen LogP contribution in [0.2, 0.25) is 0 Å². The number of methoxy groups -OCH3 is 1. The van der Waals surface area contributed by atoms with Gasteiger partial charge in [0.15, 0.2) is 5.11 Å². The number of nitrogens with one attached hydrogen (secondary N) is 1. The van der Waals surface area contributed by atoms with Crippen LogP contribution >= 0.6 is 23.6 Å². The number of hydrogen-bond donors (Lipinski definition) is 1. The lowest BCUT2D eigenvalue weighted by Gasteiger charge is -2.36. The predicted molar refractivity (Wildman–Crippen MR) is 132 cm³/mol. The Bertz CT molecular complexity index is 967. The van der Waals surface area contributed by atoms with Gasteiger partial charge in [0.25, 0.3) is 5.91 Å². The van der Waals surface area contributed by atoms with Crippen LogP contribution in [0.1, 0.15) is 39.4 Å². The number of ether oxygens (including phenoxy) is 1. The zero-order valence-electron chi connectivity index (χ0n) is 18.9. The molecule has 0 unspecified atom stereocenters. The Morgan fingerprint density at radius 3 is 2.47 bits per heavy atom. The molecule has 3 rings (SSSR count). The van der Waals surface area contributed by atoms with Crippen molar-refractivity contribution in [2.45, 2.75) is 20.8 Å². The van der Waals surface area contributed by atoms with E-state index in [0.717, 1.165) is 32.0 Å². The zero-order valence-corrected chi connectivity index (χ0v) is 20.5. The van der Waals surface area contributed by atoms with E-state index in [1.807, 2.05) is 32.0 Å². The minimum Gasteiger partial charge on any atom is -0.465 e. The van der Waals surface area contributed by atoms with E-state index in [4.69, 9.17) is 17.0 Å². The van der Waals surface area contributed by atoms with Gasteiger partial charge in [0.2, 0.25) is 0 Å². The number of amides is 1. The zero-order chi connectivity index (χ0) is 23.3. The quantitative estimate of drug-likeness (QED) is 0.504. The molecule has 2 aromatic rings. The molecule has 0 atom stereocenters. The number of carbonyl (C=O) groups is 2. The Balaban J connectivity index is 1.76. The third-order valence-corrected chi connectivity index (χ3v) is 7.10. The maximum absolute atomic E-state index is 13.0. The van der Waals surface area contributed by atoms with Gasteiger partial charge in [-0.05, 0) is 50.7 Å². The molecule has 2 aromatic heterocycles. The van der Waals surface area contributed by atoms with E-state index in [9.17, 15) is 9.59 Å². The number of thiocarbonyl (C=S) groups is 1. The Morgan fingerprint density at radius 1 is 1.22 bits per heavy atom. The van der Waals surface area contributed by atoms with Crippen LogP contribution < -0.4 is 10.2 Å². The fraction of sp³-hybridized carbons (Fsp3) is 0.455. The number of esters is 1. The van der Waals surface area contributed by atoms with Gasteiger partial charge in [-0.3, -0.25) is 4.79 Å². The number of nitrogens with zero attached hydrogens (tertiary/aromatic N) is 4. The molecular formula is C22H29N5O3S2. The largest absolute Gasteiger partial charge is 0.465 e. The van der Waals surface area contributed by atoms with Gasteiger partial charge < -0.3 is 24.8 Å². The summed E-state index contributed by atoms with van der Waals surface area (Å²) in [5.41, 5.74) is 0.978. The van der Waals surface area contributed by atoms with Crippen LogP contribution in [0.5, 0.6) is 0 Å². The third-order valence-electron chi connectivity index (χ3n) is 5.54. The highest BCUT2D eigenvalue weighted by molar-refractivity contribution is 7.80. The molecule has 8 nitrogen and oxygen atoms in total. The summed E-state index contributed by atoms with van der Waals surface area (Å²) in [7, 11) is 1.34. The molecule has 0 saturated carbocycles. The Labute approximate surface area is 198 Å². The number of aromatic nitrogens is 1. The molecular weight excluding hydrogens is 446 g/mol. The van der Waals surface area contributed by atoms with Crippen LogP contribution in [0.3, 0.4) is 0 Å². The molecule has 172 valence electrons. The van der Waals surface area contributed by atoms with Crippen LogP contribution in [0.4, 0.5) is 10.8 Å². The molecule has 32 heavy (non-hydrogen) atoms. The minimum absolute atomic E-state index is 0.0920. The molecule has 1 saturated heterocycles. The van der Waals surface area contributed by atoms with Gasteiger partial charge in [0.05, 0.1) is 17.6 Å². The van der Waals surface area contributed by atoms with Gasteiger partial charge in [-0.1, -0.05) is 6.07 Å². The molecule has 0 radical (unpaired) electrons. The lowest BCUT2D eigenvalue weighted by Crippen LogP contribution is -2.50. The van der Waals surface area contributed by atoms with Crippen molar-refractivity contribution < 1.29 is 14.3 Å². The van der Waals surface area contributed by atoms with E-state index in [1.54, 1.807) is 18.0 Å². The van der Waals surface area contributed by atoms with Crippen LogP contribution in [0.15, 0.2) is 24.4 Å². The van der Waals surface area contributed by atoms with E-state index in [2.05, 4.69) is 20.1 Å². The second kappa shape index (κ2) is 10.7. The van der Waals surface area contributed by atoms with Crippen molar-refractivity contribution >= 4 is 51.4 Å². The van der Waals surface area contributed by atoms with E-state index >= 15 is 0 Å². The van der Waals surface area contributed by atoms with Crippen molar-refractivity contribution in [3.63, 3.8) is 0 Å². The van der Waals surface area contributed by atoms with Gasteiger partial charge >= 0.3 is 5.97 Å². The van der Waals surface area contributed by atoms with Gasteiger partial charge in [-0.25, -0.2) is 9.78 Å². The van der Waals surface area contributed by atoms with Crippen molar-refractivity contribution in [2.24, 2.45) is 0 Å². The van der Waals surface area contributed by atoms with Crippen molar-refractivity contribution in [3.05, 3.63) is 40.4 Å². The number of anilines is 2. The normalized spacial score (nSPS) is 13.6. The van der Waals surface area contributed by atoms with Crippen molar-refractivity contribution in [2.75, 3.05) is 56.6 Å². The molecule has 0 aromatic carbocycles. The first-order valence-electron chi connectivity index (χ1n) is 10.6. The maximum Gasteiger partial charge on any atom is 0.341 e. The second-order valence-electron chi connectivity index (χ2n) is 7.32. The standard InChI is InChI=1S/C22H29N5O3S2/c1-5-25(6-2)20(28)18-15(3)17(21(29)30-4)19(32-18)24-22(31)27-13-11-26(12-14-27)16-9-7-8-10-23-16/h7-10H,5-6,11-14H2,1-4H3,(H,24,31). The molecule has 0 aliphatic carbocycles. The summed E-state index contributed by atoms with van der Waals surface area (Å²) in [5.74, 6) is 0.376. The molecule has 1 aliphatic rings. The van der Waals surface area contributed by atoms with E-state index in [0.29, 0.717) is 39.2 Å². The monoisotopic (exact) mass is 475 g/mol. The summed E-state index contributed by atoms with van der Waals surface area (Å²) in [6.07, 6.45) is 1.79. The van der Waals surface area contributed by atoms with Gasteiger partial charge in [0.1, 0.15) is 10.8 Å². The SMILES string of the molecule is CCN(CC)C(=O)c1sc(NC(=S)N2CCN(c3ccccn3)CC2)c(C(=O)OC)c1C. The van der Waals surface area contributed by atoms with Gasteiger partial charge in [0, 0.05) is 45.5 Å². The summed E-state index contributed by atoms with van der Waals surface area (Å²) in [6.45, 7) is 9.88. The Morgan fingerprint density at radius 2 is 1.91 bits per heavy atom. The number of carbonyl (C=O) groups excluding carboxylic acids is 2. The first-order valence-corrected chi connectivity index (χ1v) is 11.9. The number of rotatable bonds is 6.